The fourth-order valence-corrected chi connectivity index (χ4v) is 1.32. The maximum atomic E-state index is 5.12. The van der Waals surface area contributed by atoms with Gasteiger partial charge in [0.05, 0.1) is 11.4 Å². The van der Waals surface area contributed by atoms with Gasteiger partial charge in [0, 0.05) is 5.56 Å². The highest BCUT2D eigenvalue weighted by Crippen LogP contribution is 2.17. The van der Waals surface area contributed by atoms with Crippen molar-refractivity contribution >= 4 is 6.08 Å². The molecule has 72 valence electrons. The van der Waals surface area contributed by atoms with Crippen molar-refractivity contribution in [3.63, 3.8) is 0 Å². The maximum Gasteiger partial charge on any atom is 0.0926 e. The average molecular weight is 194 g/mol. The Hall–Kier alpha value is -2.27. The minimum absolute atomic E-state index is 0.909. The highest BCUT2D eigenvalue weighted by Gasteiger charge is 2.00. The Morgan fingerprint density at radius 2 is 2.07 bits per heavy atom. The second-order valence-corrected chi connectivity index (χ2v) is 3.07. The first kappa shape index (κ1) is 9.29. The van der Waals surface area contributed by atoms with Gasteiger partial charge in [-0.05, 0) is 18.2 Å². The predicted molar refractivity (Wildman–Crippen MR) is 61.9 cm³/mol. The first-order chi connectivity index (χ1) is 7.40. The minimum Gasteiger partial charge on any atom is -0.278 e. The molecule has 1 heterocycles. The first-order valence-corrected chi connectivity index (χ1v) is 4.63. The number of allylic oxidation sites excluding steroid dienone is 1. The van der Waals surface area contributed by atoms with Crippen molar-refractivity contribution < 1.29 is 0 Å². The lowest BCUT2D eigenvalue weighted by atomic mass is 10.1. The van der Waals surface area contributed by atoms with E-state index in [0.717, 1.165) is 17.0 Å². The van der Waals surface area contributed by atoms with E-state index in [1.165, 1.54) is 0 Å². The molecule has 2 heteroatoms. The van der Waals surface area contributed by atoms with Gasteiger partial charge in [-0.25, -0.2) is 0 Å². The Balaban J connectivity index is 2.29. The van der Waals surface area contributed by atoms with Crippen molar-refractivity contribution in [1.29, 1.82) is 0 Å². The number of hydrogen-bond donors (Lipinski definition) is 1. The van der Waals surface area contributed by atoms with E-state index in [0.29, 0.717) is 0 Å². The third-order valence-electron chi connectivity index (χ3n) is 2.03. The largest absolute Gasteiger partial charge is 0.278 e. The zero-order chi connectivity index (χ0) is 10.5. The number of hydrogen-bond acceptors (Lipinski definition) is 1. The van der Waals surface area contributed by atoms with Gasteiger partial charge in [0.25, 0.3) is 0 Å². The van der Waals surface area contributed by atoms with Crippen LogP contribution in [0.15, 0.2) is 42.5 Å². The van der Waals surface area contributed by atoms with Crippen LogP contribution in [0.3, 0.4) is 0 Å². The normalized spacial score (nSPS) is 10.3. The smallest absolute Gasteiger partial charge is 0.0926 e. The summed E-state index contributed by atoms with van der Waals surface area (Å²) in [4.78, 5) is 0. The molecule has 0 radical (unpaired) electrons. The van der Waals surface area contributed by atoms with Crippen LogP contribution < -0.4 is 0 Å². The number of nitrogens with one attached hydrogen (secondary N) is 1. The third-order valence-corrected chi connectivity index (χ3v) is 2.03. The van der Waals surface area contributed by atoms with Gasteiger partial charge < -0.3 is 0 Å². The first-order valence-electron chi connectivity index (χ1n) is 4.63. The van der Waals surface area contributed by atoms with Crippen LogP contribution in [0.4, 0.5) is 0 Å². The van der Waals surface area contributed by atoms with Crippen LogP contribution in [0.25, 0.3) is 17.3 Å². The molecule has 0 saturated heterocycles. The molecule has 0 aliphatic heterocycles. The maximum absolute atomic E-state index is 5.12. The van der Waals surface area contributed by atoms with Gasteiger partial charge in [-0.2, -0.15) is 5.10 Å². The van der Waals surface area contributed by atoms with Crippen molar-refractivity contribution in [2.75, 3.05) is 0 Å². The van der Waals surface area contributed by atoms with E-state index in [2.05, 4.69) is 16.1 Å². The summed E-state index contributed by atoms with van der Waals surface area (Å²) >= 11 is 0. The molecule has 15 heavy (non-hydrogen) atoms. The number of aromatic amines is 1. The standard InChI is InChI=1S/C13H10N2/c1-2-3-9-12-10-13(15-14-12)11-7-5-4-6-8-11/h1,3-10H,(H,14,15)/b9-3-. The zero-order valence-corrected chi connectivity index (χ0v) is 8.14. The van der Waals surface area contributed by atoms with Crippen LogP contribution in [-0.2, 0) is 0 Å². The van der Waals surface area contributed by atoms with E-state index < -0.39 is 0 Å². The summed E-state index contributed by atoms with van der Waals surface area (Å²) in [6.45, 7) is 0. The molecule has 2 nitrogen and oxygen atoms in total. The summed E-state index contributed by atoms with van der Waals surface area (Å²) in [6, 6.07) is 12.0. The molecule has 0 aliphatic carbocycles. The molecule has 0 fully saturated rings. The third kappa shape index (κ3) is 2.15. The van der Waals surface area contributed by atoms with Crippen LogP contribution in [0, 0.1) is 12.3 Å². The van der Waals surface area contributed by atoms with E-state index in [4.69, 9.17) is 6.42 Å². The van der Waals surface area contributed by atoms with Gasteiger partial charge >= 0.3 is 0 Å². The molecule has 1 aromatic carbocycles. The number of rotatable bonds is 2. The minimum atomic E-state index is 0.909. The molecule has 0 amide bonds. The Morgan fingerprint density at radius 1 is 1.27 bits per heavy atom. The van der Waals surface area contributed by atoms with Crippen molar-refractivity contribution in [2.45, 2.75) is 0 Å². The Kier molecular flexibility index (Phi) is 2.66. The van der Waals surface area contributed by atoms with E-state index in [1.54, 1.807) is 6.08 Å². The fraction of sp³-hybridized carbons (Fsp3) is 0. The number of terminal acetylenes is 1. The van der Waals surface area contributed by atoms with Gasteiger partial charge in [-0.1, -0.05) is 36.3 Å². The van der Waals surface area contributed by atoms with Gasteiger partial charge in [0.15, 0.2) is 0 Å². The van der Waals surface area contributed by atoms with E-state index in [9.17, 15) is 0 Å². The van der Waals surface area contributed by atoms with Gasteiger partial charge in [-0.3, -0.25) is 5.10 Å². The molecule has 1 N–H and O–H groups in total. The SMILES string of the molecule is C#C/C=C\c1cc(-c2ccccc2)n[nH]1. The Labute approximate surface area is 88.7 Å². The Morgan fingerprint density at radius 3 is 2.80 bits per heavy atom. The van der Waals surface area contributed by atoms with Crippen LogP contribution in [-0.4, -0.2) is 10.2 Å². The summed E-state index contributed by atoms with van der Waals surface area (Å²) in [5.41, 5.74) is 2.92. The number of nitrogens with zero attached hydrogens (tertiary/aromatic N) is 1. The van der Waals surface area contributed by atoms with Crippen LogP contribution in [0.2, 0.25) is 0 Å². The monoisotopic (exact) mass is 194 g/mol. The van der Waals surface area contributed by atoms with E-state index >= 15 is 0 Å². The summed E-state index contributed by atoms with van der Waals surface area (Å²) in [5.74, 6) is 2.44. The summed E-state index contributed by atoms with van der Waals surface area (Å²) < 4.78 is 0. The molecule has 0 atom stereocenters. The predicted octanol–water partition coefficient (Wildman–Crippen LogP) is 2.72. The lowest BCUT2D eigenvalue weighted by molar-refractivity contribution is 1.08. The number of aromatic nitrogens is 2. The highest BCUT2D eigenvalue weighted by molar-refractivity contribution is 5.62. The van der Waals surface area contributed by atoms with Crippen LogP contribution in [0.5, 0.6) is 0 Å². The summed E-state index contributed by atoms with van der Waals surface area (Å²) in [6.07, 6.45) is 8.58. The van der Waals surface area contributed by atoms with Crippen LogP contribution in [0.1, 0.15) is 5.69 Å². The fourth-order valence-electron chi connectivity index (χ4n) is 1.32. The Bertz CT molecular complexity index is 501. The van der Waals surface area contributed by atoms with Crippen molar-refractivity contribution in [2.24, 2.45) is 0 Å². The molecular formula is C13H10N2. The number of H-pyrrole nitrogens is 1. The average Bonchev–Trinajstić information content (AvgIpc) is 2.76. The van der Waals surface area contributed by atoms with Gasteiger partial charge in [0.1, 0.15) is 0 Å². The van der Waals surface area contributed by atoms with Crippen molar-refractivity contribution in [3.8, 4) is 23.6 Å². The quantitative estimate of drug-likeness (QED) is 0.731. The van der Waals surface area contributed by atoms with Gasteiger partial charge in [-0.15, -0.1) is 6.42 Å². The lowest BCUT2D eigenvalue weighted by Crippen LogP contribution is -1.75. The summed E-state index contributed by atoms with van der Waals surface area (Å²) in [7, 11) is 0. The molecular weight excluding hydrogens is 184 g/mol. The van der Waals surface area contributed by atoms with Gasteiger partial charge in [0.2, 0.25) is 0 Å². The molecule has 0 bridgehead atoms. The van der Waals surface area contributed by atoms with E-state index in [1.807, 2.05) is 42.5 Å². The zero-order valence-electron chi connectivity index (χ0n) is 8.14. The molecule has 2 rings (SSSR count). The molecule has 2 aromatic rings. The molecule has 0 spiro atoms. The summed E-state index contributed by atoms with van der Waals surface area (Å²) in [5, 5.41) is 7.10. The molecule has 0 aliphatic rings. The topological polar surface area (TPSA) is 28.7 Å². The molecule has 0 saturated carbocycles. The van der Waals surface area contributed by atoms with Crippen LogP contribution >= 0.6 is 0 Å². The lowest BCUT2D eigenvalue weighted by Gasteiger charge is -1.92. The highest BCUT2D eigenvalue weighted by atomic mass is 15.1. The number of benzene rings is 1. The molecule has 0 unspecified atom stereocenters. The second-order valence-electron chi connectivity index (χ2n) is 3.07. The molecule has 1 aromatic heterocycles. The van der Waals surface area contributed by atoms with Crippen molar-refractivity contribution in [1.82, 2.24) is 10.2 Å². The van der Waals surface area contributed by atoms with E-state index in [-0.39, 0.29) is 0 Å². The van der Waals surface area contributed by atoms with Crippen molar-refractivity contribution in [3.05, 3.63) is 48.2 Å². The second kappa shape index (κ2) is 4.30.